The van der Waals surface area contributed by atoms with Gasteiger partial charge in [-0.2, -0.15) is 13.2 Å². The van der Waals surface area contributed by atoms with E-state index in [0.29, 0.717) is 24.2 Å². The number of anilines is 1. The van der Waals surface area contributed by atoms with Crippen molar-refractivity contribution in [1.29, 1.82) is 0 Å². The van der Waals surface area contributed by atoms with Gasteiger partial charge in [0, 0.05) is 24.4 Å². The molecule has 2 aromatic rings. The number of nitrogens with one attached hydrogen (secondary N) is 1. The molecule has 0 spiro atoms. The van der Waals surface area contributed by atoms with Crippen LogP contribution in [0, 0.1) is 5.92 Å². The molecule has 2 atom stereocenters. The van der Waals surface area contributed by atoms with E-state index in [0.717, 1.165) is 17.0 Å². The van der Waals surface area contributed by atoms with E-state index >= 15 is 0 Å². The number of piperidine rings is 1. The van der Waals surface area contributed by atoms with Gasteiger partial charge < -0.3 is 10.2 Å². The van der Waals surface area contributed by atoms with Crippen molar-refractivity contribution in [3.05, 3.63) is 59.7 Å². The Morgan fingerprint density at radius 3 is 2.41 bits per heavy atom. The first-order valence-corrected chi connectivity index (χ1v) is 10.3. The lowest BCUT2D eigenvalue weighted by molar-refractivity contribution is -0.143. The summed E-state index contributed by atoms with van der Waals surface area (Å²) in [5.74, 6) is -2.27. The summed E-state index contributed by atoms with van der Waals surface area (Å²) in [5, 5.41) is 2.83. The number of halogens is 3. The maximum absolute atomic E-state index is 13.1. The highest BCUT2D eigenvalue weighted by molar-refractivity contribution is 7.98. The van der Waals surface area contributed by atoms with E-state index < -0.39 is 29.5 Å². The molecule has 1 aliphatic heterocycles. The summed E-state index contributed by atoms with van der Waals surface area (Å²) in [6.45, 7) is 0.440. The van der Waals surface area contributed by atoms with Crippen LogP contribution in [0.4, 0.5) is 18.9 Å². The molecule has 3 rings (SSSR count). The van der Waals surface area contributed by atoms with E-state index in [9.17, 15) is 22.8 Å². The molecule has 8 heteroatoms. The molecule has 29 heavy (non-hydrogen) atoms. The summed E-state index contributed by atoms with van der Waals surface area (Å²) in [5.41, 5.74) is 0.408. The lowest BCUT2D eigenvalue weighted by atomic mass is 9.79. The molecule has 2 aromatic carbocycles. The van der Waals surface area contributed by atoms with Gasteiger partial charge >= 0.3 is 6.18 Å². The molecule has 1 N–H and O–H groups in total. The van der Waals surface area contributed by atoms with E-state index in [1.54, 1.807) is 19.2 Å². The molecular formula is C21H21F3N2O2S. The second kappa shape index (κ2) is 8.49. The minimum Gasteiger partial charge on any atom is -0.345 e. The van der Waals surface area contributed by atoms with Crippen molar-refractivity contribution in [1.82, 2.24) is 4.90 Å². The number of alkyl halides is 3. The van der Waals surface area contributed by atoms with Crippen LogP contribution in [0.5, 0.6) is 0 Å². The van der Waals surface area contributed by atoms with Crippen LogP contribution in [0.15, 0.2) is 53.4 Å². The molecule has 0 unspecified atom stereocenters. The van der Waals surface area contributed by atoms with Crippen LogP contribution in [0.25, 0.3) is 0 Å². The van der Waals surface area contributed by atoms with Gasteiger partial charge in [-0.15, -0.1) is 11.8 Å². The average Bonchev–Trinajstić information content (AvgIpc) is 2.69. The van der Waals surface area contributed by atoms with Crippen LogP contribution in [-0.4, -0.2) is 36.6 Å². The number of carbonyl (C=O) groups excluding carboxylic acids is 2. The highest BCUT2D eigenvalue weighted by Gasteiger charge is 2.41. The second-order valence-corrected chi connectivity index (χ2v) is 7.79. The van der Waals surface area contributed by atoms with Gasteiger partial charge in [0.15, 0.2) is 0 Å². The fourth-order valence-corrected chi connectivity index (χ4v) is 4.10. The first-order chi connectivity index (χ1) is 13.7. The van der Waals surface area contributed by atoms with Crippen molar-refractivity contribution in [2.75, 3.05) is 25.2 Å². The number of nitrogens with zero attached hydrogens (tertiary/aromatic N) is 1. The van der Waals surface area contributed by atoms with Crippen molar-refractivity contribution in [2.24, 2.45) is 5.92 Å². The minimum absolute atomic E-state index is 0.333. The molecule has 1 aliphatic rings. The summed E-state index contributed by atoms with van der Waals surface area (Å²) < 4.78 is 38.6. The average molecular weight is 422 g/mol. The van der Waals surface area contributed by atoms with E-state index in [2.05, 4.69) is 5.32 Å². The lowest BCUT2D eigenvalue weighted by Crippen LogP contribution is -2.47. The van der Waals surface area contributed by atoms with Gasteiger partial charge in [-0.05, 0) is 42.5 Å². The van der Waals surface area contributed by atoms with E-state index in [4.69, 9.17) is 0 Å². The Kier molecular flexibility index (Phi) is 6.21. The molecule has 0 bridgehead atoms. The summed E-state index contributed by atoms with van der Waals surface area (Å²) in [4.78, 5) is 28.2. The zero-order valence-electron chi connectivity index (χ0n) is 16.0. The predicted octanol–water partition coefficient (Wildman–Crippen LogP) is 4.63. The lowest BCUT2D eigenvalue weighted by Gasteiger charge is -2.35. The molecule has 2 amide bonds. The zero-order chi connectivity index (χ0) is 21.2. The Morgan fingerprint density at radius 2 is 1.79 bits per heavy atom. The molecule has 0 aliphatic carbocycles. The Labute approximate surface area is 171 Å². The number of amides is 2. The minimum atomic E-state index is -4.43. The largest absolute Gasteiger partial charge is 0.416 e. The third kappa shape index (κ3) is 4.58. The predicted molar refractivity (Wildman–Crippen MR) is 107 cm³/mol. The van der Waals surface area contributed by atoms with Crippen molar-refractivity contribution in [3.63, 3.8) is 0 Å². The number of rotatable bonds is 4. The molecule has 1 fully saturated rings. The fourth-order valence-electron chi connectivity index (χ4n) is 3.55. The quantitative estimate of drug-likeness (QED) is 0.578. The summed E-state index contributed by atoms with van der Waals surface area (Å²) in [6.07, 6.45) is -2.05. The molecule has 1 saturated heterocycles. The van der Waals surface area contributed by atoms with Crippen LogP contribution in [0.1, 0.15) is 23.5 Å². The van der Waals surface area contributed by atoms with Crippen LogP contribution in [0.3, 0.4) is 0 Å². The van der Waals surface area contributed by atoms with Crippen molar-refractivity contribution >= 4 is 29.3 Å². The van der Waals surface area contributed by atoms with Gasteiger partial charge in [-0.25, -0.2) is 0 Å². The van der Waals surface area contributed by atoms with Crippen LogP contribution in [-0.2, 0) is 15.8 Å². The summed E-state index contributed by atoms with van der Waals surface area (Å²) in [6, 6.07) is 12.0. The monoisotopic (exact) mass is 422 g/mol. The molecule has 4 nitrogen and oxygen atoms in total. The summed E-state index contributed by atoms with van der Waals surface area (Å²) >= 11 is 1.47. The van der Waals surface area contributed by atoms with Crippen molar-refractivity contribution in [2.45, 2.75) is 23.4 Å². The van der Waals surface area contributed by atoms with Gasteiger partial charge in [0.2, 0.25) is 11.8 Å². The van der Waals surface area contributed by atoms with Gasteiger partial charge in [0.05, 0.1) is 11.3 Å². The third-order valence-corrected chi connectivity index (χ3v) is 5.93. The van der Waals surface area contributed by atoms with Gasteiger partial charge in [0.25, 0.3) is 0 Å². The molecule has 0 radical (unpaired) electrons. The number of thioether (sulfide) groups is 1. The Morgan fingerprint density at radius 1 is 1.14 bits per heavy atom. The zero-order valence-corrected chi connectivity index (χ0v) is 16.8. The standard InChI is InChI=1S/C21H21F3N2O2S/c1-26-12-11-15(13-7-9-14(10-8-13)21(22,23)24)18(20(26)28)19(27)25-16-5-3-4-6-17(16)29-2/h3-10,15,18H,11-12H2,1-2H3,(H,25,27)/t15-,18+/m1/s1. The number of para-hydroxylation sites is 1. The van der Waals surface area contributed by atoms with Crippen molar-refractivity contribution < 1.29 is 22.8 Å². The highest BCUT2D eigenvalue weighted by Crippen LogP contribution is 2.37. The molecular weight excluding hydrogens is 401 g/mol. The van der Waals surface area contributed by atoms with Gasteiger partial charge in [-0.1, -0.05) is 24.3 Å². The Hall–Kier alpha value is -2.48. The molecule has 0 aromatic heterocycles. The van der Waals surface area contributed by atoms with Crippen LogP contribution in [0.2, 0.25) is 0 Å². The number of hydrogen-bond acceptors (Lipinski definition) is 3. The topological polar surface area (TPSA) is 49.4 Å². The highest BCUT2D eigenvalue weighted by atomic mass is 32.2. The van der Waals surface area contributed by atoms with E-state index in [1.165, 1.54) is 28.8 Å². The molecule has 1 heterocycles. The molecule has 154 valence electrons. The first kappa shape index (κ1) is 21.2. The maximum Gasteiger partial charge on any atom is 0.416 e. The maximum atomic E-state index is 13.1. The summed E-state index contributed by atoms with van der Waals surface area (Å²) in [7, 11) is 1.63. The van der Waals surface area contributed by atoms with Crippen LogP contribution >= 0.6 is 11.8 Å². The van der Waals surface area contributed by atoms with E-state index in [1.807, 2.05) is 18.4 Å². The second-order valence-electron chi connectivity index (χ2n) is 6.94. The van der Waals surface area contributed by atoms with Gasteiger partial charge in [0.1, 0.15) is 5.92 Å². The first-order valence-electron chi connectivity index (χ1n) is 9.08. The number of benzene rings is 2. The molecule has 0 saturated carbocycles. The number of likely N-dealkylation sites (tertiary alicyclic amines) is 1. The third-order valence-electron chi connectivity index (χ3n) is 5.13. The smallest absolute Gasteiger partial charge is 0.345 e. The Balaban J connectivity index is 1.90. The Bertz CT molecular complexity index is 900. The van der Waals surface area contributed by atoms with E-state index in [-0.39, 0.29) is 5.91 Å². The normalized spacial score (nSPS) is 19.9. The number of hydrogen-bond donors (Lipinski definition) is 1. The SMILES string of the molecule is CSc1ccccc1NC(=O)[C@H]1C(=O)N(C)CC[C@@H]1c1ccc(C(F)(F)F)cc1. The van der Waals surface area contributed by atoms with Crippen LogP contribution < -0.4 is 5.32 Å². The number of carbonyl (C=O) groups is 2. The fraction of sp³-hybridized carbons (Fsp3) is 0.333. The van der Waals surface area contributed by atoms with Crippen molar-refractivity contribution in [3.8, 4) is 0 Å². The van der Waals surface area contributed by atoms with Gasteiger partial charge in [-0.3, -0.25) is 9.59 Å².